The monoisotopic (exact) mass is 381 g/mol. The second-order valence-corrected chi connectivity index (χ2v) is 6.94. The van der Waals surface area contributed by atoms with Gasteiger partial charge in [0.1, 0.15) is 11.2 Å². The second-order valence-electron chi connectivity index (χ2n) is 6.94. The molecule has 0 aromatic carbocycles. The number of aromatic nitrogens is 5. The average molecular weight is 381 g/mol. The van der Waals surface area contributed by atoms with Crippen LogP contribution < -0.4 is 4.84 Å². The lowest BCUT2D eigenvalue weighted by atomic mass is 10.0. The van der Waals surface area contributed by atoms with Gasteiger partial charge in [0.2, 0.25) is 5.65 Å². The van der Waals surface area contributed by atoms with Crippen LogP contribution in [-0.4, -0.2) is 49.5 Å². The first-order valence-electron chi connectivity index (χ1n) is 8.76. The molecule has 1 saturated carbocycles. The summed E-state index contributed by atoms with van der Waals surface area (Å²) in [5.41, 5.74) is 2.34. The van der Waals surface area contributed by atoms with Crippen LogP contribution in [0.3, 0.4) is 0 Å². The number of ketones is 1. The van der Waals surface area contributed by atoms with Crippen molar-refractivity contribution in [2.24, 2.45) is 5.92 Å². The van der Waals surface area contributed by atoms with Crippen molar-refractivity contribution in [3.05, 3.63) is 40.8 Å². The van der Waals surface area contributed by atoms with Crippen LogP contribution in [0, 0.1) is 12.8 Å². The highest BCUT2D eigenvalue weighted by atomic mass is 16.7. The van der Waals surface area contributed by atoms with E-state index in [0.29, 0.717) is 34.8 Å². The van der Waals surface area contributed by atoms with E-state index in [1.54, 1.807) is 19.1 Å². The number of methoxy groups -OCH3 is 1. The van der Waals surface area contributed by atoms with Gasteiger partial charge >= 0.3 is 11.9 Å². The maximum Gasteiger partial charge on any atom is 0.382 e. The summed E-state index contributed by atoms with van der Waals surface area (Å²) in [6.07, 6.45) is 3.11. The van der Waals surface area contributed by atoms with Crippen LogP contribution in [0.1, 0.15) is 44.6 Å². The molecule has 0 amide bonds. The van der Waals surface area contributed by atoms with Crippen LogP contribution in [0.2, 0.25) is 0 Å². The van der Waals surface area contributed by atoms with Gasteiger partial charge in [0, 0.05) is 17.9 Å². The summed E-state index contributed by atoms with van der Waals surface area (Å²) in [4.78, 5) is 47.8. The smallest absolute Gasteiger partial charge is 0.382 e. The van der Waals surface area contributed by atoms with E-state index in [4.69, 9.17) is 4.84 Å². The number of rotatable bonds is 4. The molecule has 2 atom stereocenters. The summed E-state index contributed by atoms with van der Waals surface area (Å²) in [5, 5.41) is 7.71. The molecule has 10 nitrogen and oxygen atoms in total. The van der Waals surface area contributed by atoms with Crippen molar-refractivity contribution in [2.75, 3.05) is 7.11 Å². The highest BCUT2D eigenvalue weighted by Gasteiger charge is 2.50. The predicted molar refractivity (Wildman–Crippen MR) is 92.6 cm³/mol. The quantitative estimate of drug-likeness (QED) is 0.280. The zero-order chi connectivity index (χ0) is 19.6. The Morgan fingerprint density at radius 2 is 2.11 bits per heavy atom. The largest absolute Gasteiger partial charge is 0.463 e. The number of hydrogen-bond donors (Lipinski definition) is 0. The Morgan fingerprint density at radius 1 is 1.29 bits per heavy atom. The minimum absolute atomic E-state index is 0.140. The minimum Gasteiger partial charge on any atom is -0.463 e. The topological polar surface area (TPSA) is 118 Å². The molecule has 1 fully saturated rings. The number of pyridine rings is 1. The third-order valence-electron chi connectivity index (χ3n) is 5.36. The first-order valence-corrected chi connectivity index (χ1v) is 8.76. The summed E-state index contributed by atoms with van der Waals surface area (Å²) in [5.74, 6) is -2.02. The lowest BCUT2D eigenvalue weighted by Crippen LogP contribution is -2.24. The molecule has 0 unspecified atom stereocenters. The Morgan fingerprint density at radius 3 is 2.89 bits per heavy atom. The summed E-state index contributed by atoms with van der Waals surface area (Å²) >= 11 is 0. The van der Waals surface area contributed by atoms with Gasteiger partial charge in [0.05, 0.1) is 12.7 Å². The fourth-order valence-corrected chi connectivity index (χ4v) is 4.03. The number of esters is 1. The van der Waals surface area contributed by atoms with E-state index in [1.807, 2.05) is 4.57 Å². The molecule has 0 spiro atoms. The summed E-state index contributed by atoms with van der Waals surface area (Å²) in [6.45, 7) is 1.63. The van der Waals surface area contributed by atoms with Crippen LogP contribution >= 0.6 is 0 Å². The van der Waals surface area contributed by atoms with Crippen molar-refractivity contribution in [3.8, 4) is 0 Å². The molecule has 3 aromatic heterocycles. The van der Waals surface area contributed by atoms with Gasteiger partial charge in [-0.3, -0.25) is 4.79 Å². The van der Waals surface area contributed by atoms with Gasteiger partial charge in [-0.15, -0.1) is 5.10 Å². The summed E-state index contributed by atoms with van der Waals surface area (Å²) in [6, 6.07) is 3.54. The van der Waals surface area contributed by atoms with Crippen LogP contribution in [0.15, 0.2) is 18.3 Å². The van der Waals surface area contributed by atoms with E-state index in [0.717, 1.165) is 18.4 Å². The van der Waals surface area contributed by atoms with Gasteiger partial charge in [0.25, 0.3) is 5.78 Å². The fraction of sp³-hybridized carbons (Fsp3) is 0.333. The average Bonchev–Trinajstić information content (AvgIpc) is 3.04. The van der Waals surface area contributed by atoms with Crippen molar-refractivity contribution in [2.45, 2.75) is 25.8 Å². The number of hydrogen-bond acceptors (Lipinski definition) is 8. The van der Waals surface area contributed by atoms with E-state index >= 15 is 0 Å². The van der Waals surface area contributed by atoms with Crippen LogP contribution in [0.4, 0.5) is 0 Å². The first-order chi connectivity index (χ1) is 13.5. The predicted octanol–water partition coefficient (Wildman–Crippen LogP) is 0.678. The van der Waals surface area contributed by atoms with Crippen LogP contribution in [0.25, 0.3) is 11.2 Å². The van der Waals surface area contributed by atoms with Gasteiger partial charge < -0.3 is 14.1 Å². The molecule has 4 heterocycles. The molecular formula is C18H15N5O5. The van der Waals surface area contributed by atoms with Crippen LogP contribution in [0.5, 0.6) is 0 Å². The van der Waals surface area contributed by atoms with Gasteiger partial charge in [-0.05, 0) is 53.4 Å². The van der Waals surface area contributed by atoms with E-state index in [9.17, 15) is 14.4 Å². The van der Waals surface area contributed by atoms with E-state index in [2.05, 4.69) is 20.0 Å². The molecule has 0 bridgehead atoms. The molecule has 2 aliphatic rings. The molecule has 142 valence electrons. The van der Waals surface area contributed by atoms with Crippen molar-refractivity contribution < 1.29 is 24.0 Å². The number of fused-ring (bicyclic) bond motifs is 4. The van der Waals surface area contributed by atoms with Gasteiger partial charge in [0.15, 0.2) is 0 Å². The van der Waals surface area contributed by atoms with E-state index in [-0.39, 0.29) is 17.3 Å². The van der Waals surface area contributed by atoms with E-state index in [1.165, 1.54) is 6.20 Å². The third-order valence-corrected chi connectivity index (χ3v) is 5.36. The molecule has 10 heteroatoms. The Kier molecular flexibility index (Phi) is 3.39. The Labute approximate surface area is 158 Å². The molecule has 3 aromatic rings. The SMILES string of the molecule is COC(=O)C(=O)c1c(C)c(C(=O)On2nnc3cccnc32)n2c1C[C@H]1C[C@H]12. The van der Waals surface area contributed by atoms with Crippen molar-refractivity contribution in [1.82, 2.24) is 24.7 Å². The molecule has 0 saturated heterocycles. The molecule has 5 rings (SSSR count). The maximum absolute atomic E-state index is 13.0. The Bertz CT molecular complexity index is 1180. The van der Waals surface area contributed by atoms with Crippen molar-refractivity contribution in [1.29, 1.82) is 0 Å². The second kappa shape index (κ2) is 5.72. The molecular weight excluding hydrogens is 366 g/mol. The lowest BCUT2D eigenvalue weighted by Gasteiger charge is -2.08. The zero-order valence-electron chi connectivity index (χ0n) is 15.1. The molecule has 1 aliphatic heterocycles. The van der Waals surface area contributed by atoms with E-state index < -0.39 is 17.7 Å². The number of ether oxygens (including phenoxy) is 1. The normalized spacial score (nSPS) is 19.2. The number of nitrogens with zero attached hydrogens (tertiary/aromatic N) is 5. The zero-order valence-corrected chi connectivity index (χ0v) is 15.1. The number of Topliss-reactive ketones (excluding diaryl/α,β-unsaturated/α-hetero) is 1. The third kappa shape index (κ3) is 2.20. The number of carbonyl (C=O) groups excluding carboxylic acids is 3. The van der Waals surface area contributed by atoms with Gasteiger partial charge in [-0.2, -0.15) is 0 Å². The molecule has 0 radical (unpaired) electrons. The number of carbonyl (C=O) groups is 3. The summed E-state index contributed by atoms with van der Waals surface area (Å²) in [7, 11) is 1.15. The molecule has 0 N–H and O–H groups in total. The molecule has 28 heavy (non-hydrogen) atoms. The fourth-order valence-electron chi connectivity index (χ4n) is 4.03. The Balaban J connectivity index is 1.57. The maximum atomic E-state index is 13.0. The Hall–Kier alpha value is -3.56. The highest BCUT2D eigenvalue weighted by molar-refractivity contribution is 6.41. The van der Waals surface area contributed by atoms with Gasteiger partial charge in [-0.25, -0.2) is 14.6 Å². The molecule has 1 aliphatic carbocycles. The first kappa shape index (κ1) is 16.6. The van der Waals surface area contributed by atoms with Gasteiger partial charge in [-0.1, -0.05) is 0 Å². The minimum atomic E-state index is -0.955. The standard InChI is InChI=1S/C18H15N5O5/c1-8-13(15(24)18(26)27-2)12-7-9-6-11(9)22(12)14(8)17(25)28-23-16-10(20-21-23)4-3-5-19-16/h3-5,9,11H,6-7H2,1-2H3/t9-,11-/m1/s1. The van der Waals surface area contributed by atoms with Crippen molar-refractivity contribution in [3.63, 3.8) is 0 Å². The van der Waals surface area contributed by atoms with Crippen LogP contribution in [-0.2, 0) is 16.0 Å². The van der Waals surface area contributed by atoms with Crippen molar-refractivity contribution >= 4 is 28.9 Å². The lowest BCUT2D eigenvalue weighted by molar-refractivity contribution is -0.135. The summed E-state index contributed by atoms with van der Waals surface area (Å²) < 4.78 is 6.40. The highest BCUT2D eigenvalue weighted by Crippen LogP contribution is 2.54.